The van der Waals surface area contributed by atoms with Gasteiger partial charge >= 0.3 is 0 Å². The Bertz CT molecular complexity index is 570. The van der Waals surface area contributed by atoms with Crippen LogP contribution < -0.4 is 5.32 Å². The number of nitrogens with one attached hydrogen (secondary N) is 1. The van der Waals surface area contributed by atoms with Gasteiger partial charge in [0.05, 0.1) is 23.3 Å². The van der Waals surface area contributed by atoms with Crippen molar-refractivity contribution in [2.24, 2.45) is 0 Å². The van der Waals surface area contributed by atoms with Crippen molar-refractivity contribution in [3.8, 4) is 0 Å². The zero-order valence-corrected chi connectivity index (χ0v) is 13.6. The Kier molecular flexibility index (Phi) is 6.06. The number of carbonyl (C=O) groups excluding carboxylic acids is 1. The van der Waals surface area contributed by atoms with Crippen molar-refractivity contribution in [3.63, 3.8) is 0 Å². The molecule has 1 atom stereocenters. The van der Waals surface area contributed by atoms with E-state index < -0.39 is 4.92 Å². The second kappa shape index (κ2) is 8.03. The van der Waals surface area contributed by atoms with Gasteiger partial charge in [-0.3, -0.25) is 19.8 Å². The highest BCUT2D eigenvalue weighted by molar-refractivity contribution is 5.93. The molecule has 1 N–H and O–H groups in total. The molecule has 1 aromatic carbocycles. The van der Waals surface area contributed by atoms with E-state index in [1.165, 1.54) is 12.1 Å². The van der Waals surface area contributed by atoms with Gasteiger partial charge in [0.15, 0.2) is 0 Å². The Balaban J connectivity index is 1.88. The average molecular weight is 321 g/mol. The summed E-state index contributed by atoms with van der Waals surface area (Å²) in [5.74, 6) is -0.188. The molecule has 2 rings (SSSR count). The fraction of sp³-hybridized carbons (Fsp3) is 0.562. The molecule has 7 heteroatoms. The van der Waals surface area contributed by atoms with Crippen LogP contribution in [0.4, 0.5) is 11.4 Å². The van der Waals surface area contributed by atoms with Gasteiger partial charge in [-0.2, -0.15) is 0 Å². The zero-order valence-electron chi connectivity index (χ0n) is 13.6. The molecule has 1 aliphatic heterocycles. The third-order valence-corrected chi connectivity index (χ3v) is 3.91. The van der Waals surface area contributed by atoms with Crippen molar-refractivity contribution in [2.75, 3.05) is 32.1 Å². The van der Waals surface area contributed by atoms with Gasteiger partial charge in [0, 0.05) is 25.3 Å². The van der Waals surface area contributed by atoms with Gasteiger partial charge in [-0.15, -0.1) is 0 Å². The zero-order chi connectivity index (χ0) is 16.8. The van der Waals surface area contributed by atoms with Gasteiger partial charge in [0.2, 0.25) is 5.91 Å². The smallest absolute Gasteiger partial charge is 0.271 e. The number of likely N-dealkylation sites (N-methyl/N-ethyl adjacent to an activating group) is 1. The lowest BCUT2D eigenvalue weighted by atomic mass is 10.1. The molecular weight excluding hydrogens is 298 g/mol. The van der Waals surface area contributed by atoms with Crippen LogP contribution in [0.15, 0.2) is 18.2 Å². The normalized spacial score (nSPS) is 18.0. The Hall–Kier alpha value is -1.99. The minimum absolute atomic E-state index is 0.0325. The van der Waals surface area contributed by atoms with Crippen molar-refractivity contribution in [2.45, 2.75) is 32.3 Å². The largest absolute Gasteiger partial charge is 0.377 e. The molecule has 1 fully saturated rings. The quantitative estimate of drug-likeness (QED) is 0.642. The summed E-state index contributed by atoms with van der Waals surface area (Å²) in [6.45, 7) is 3.53. The van der Waals surface area contributed by atoms with Crippen LogP contribution in [-0.2, 0) is 9.53 Å². The molecule has 0 spiro atoms. The van der Waals surface area contributed by atoms with Crippen molar-refractivity contribution in [1.82, 2.24) is 4.90 Å². The number of aryl methyl sites for hydroxylation is 1. The fourth-order valence-corrected chi connectivity index (χ4v) is 2.66. The fourth-order valence-electron chi connectivity index (χ4n) is 2.66. The molecule has 0 radical (unpaired) electrons. The number of non-ortho nitro benzene ring substituents is 1. The Morgan fingerprint density at radius 2 is 2.26 bits per heavy atom. The molecule has 1 heterocycles. The molecule has 23 heavy (non-hydrogen) atoms. The lowest BCUT2D eigenvalue weighted by Gasteiger charge is -2.27. The van der Waals surface area contributed by atoms with E-state index in [-0.39, 0.29) is 24.2 Å². The van der Waals surface area contributed by atoms with Crippen LogP contribution >= 0.6 is 0 Å². The molecule has 0 saturated carbocycles. The molecule has 1 saturated heterocycles. The monoisotopic (exact) mass is 321 g/mol. The molecule has 126 valence electrons. The number of nitrogens with zero attached hydrogens (tertiary/aromatic N) is 2. The van der Waals surface area contributed by atoms with E-state index in [9.17, 15) is 14.9 Å². The van der Waals surface area contributed by atoms with Gasteiger partial charge in [0.1, 0.15) is 0 Å². The van der Waals surface area contributed by atoms with Gasteiger partial charge in [-0.05, 0) is 38.8 Å². The van der Waals surface area contributed by atoms with E-state index in [4.69, 9.17) is 4.74 Å². The molecule has 1 unspecified atom stereocenters. The summed E-state index contributed by atoms with van der Waals surface area (Å²) in [5.41, 5.74) is 1.24. The summed E-state index contributed by atoms with van der Waals surface area (Å²) in [4.78, 5) is 24.4. The van der Waals surface area contributed by atoms with Gasteiger partial charge in [0.25, 0.3) is 5.69 Å². The molecule has 0 bridgehead atoms. The summed E-state index contributed by atoms with van der Waals surface area (Å²) in [6.07, 6.45) is 3.47. The summed E-state index contributed by atoms with van der Waals surface area (Å²) >= 11 is 0. The maximum Gasteiger partial charge on any atom is 0.271 e. The van der Waals surface area contributed by atoms with Gasteiger partial charge in [-0.25, -0.2) is 0 Å². The number of nitro groups is 1. The molecule has 1 aliphatic rings. The molecule has 0 aliphatic carbocycles. The maximum absolute atomic E-state index is 12.1. The van der Waals surface area contributed by atoms with E-state index in [0.717, 1.165) is 31.4 Å². The van der Waals surface area contributed by atoms with Crippen LogP contribution in [0.1, 0.15) is 24.8 Å². The first kappa shape index (κ1) is 17.4. The molecule has 7 nitrogen and oxygen atoms in total. The van der Waals surface area contributed by atoms with Crippen molar-refractivity contribution >= 4 is 17.3 Å². The van der Waals surface area contributed by atoms with E-state index in [0.29, 0.717) is 12.2 Å². The Morgan fingerprint density at radius 1 is 1.48 bits per heavy atom. The van der Waals surface area contributed by atoms with E-state index in [2.05, 4.69) is 5.32 Å². The van der Waals surface area contributed by atoms with Crippen molar-refractivity contribution in [1.29, 1.82) is 0 Å². The number of hydrogen-bond acceptors (Lipinski definition) is 5. The van der Waals surface area contributed by atoms with Crippen LogP contribution in [-0.4, -0.2) is 48.6 Å². The summed E-state index contributed by atoms with van der Waals surface area (Å²) < 4.78 is 5.66. The third-order valence-electron chi connectivity index (χ3n) is 3.91. The number of anilines is 1. The Labute approximate surface area is 135 Å². The maximum atomic E-state index is 12.1. The van der Waals surface area contributed by atoms with Crippen molar-refractivity contribution in [3.05, 3.63) is 33.9 Å². The van der Waals surface area contributed by atoms with Gasteiger partial charge < -0.3 is 10.1 Å². The number of nitro benzene ring substituents is 1. The van der Waals surface area contributed by atoms with E-state index >= 15 is 0 Å². The third kappa shape index (κ3) is 5.30. The van der Waals surface area contributed by atoms with Gasteiger partial charge in [-0.1, -0.05) is 6.07 Å². The lowest BCUT2D eigenvalue weighted by molar-refractivity contribution is -0.384. The van der Waals surface area contributed by atoms with E-state index in [1.807, 2.05) is 11.9 Å². The molecule has 1 amide bonds. The highest BCUT2D eigenvalue weighted by atomic mass is 16.6. The highest BCUT2D eigenvalue weighted by Crippen LogP contribution is 2.21. The number of ether oxygens (including phenoxy) is 1. The summed E-state index contributed by atoms with van der Waals surface area (Å²) in [5, 5.41) is 13.6. The molecular formula is C16H23N3O4. The predicted octanol–water partition coefficient (Wildman–Crippen LogP) is 2.34. The molecule has 0 aromatic heterocycles. The summed E-state index contributed by atoms with van der Waals surface area (Å²) in [6, 6.07) is 4.45. The molecule has 1 aromatic rings. The first-order valence-corrected chi connectivity index (χ1v) is 7.81. The summed E-state index contributed by atoms with van der Waals surface area (Å²) in [7, 11) is 1.87. The van der Waals surface area contributed by atoms with Crippen molar-refractivity contribution < 1.29 is 14.5 Å². The SMILES string of the molecule is Cc1ccc([N+](=O)[O-])cc1NC(=O)CN(C)CC1CCCCO1. The average Bonchev–Trinajstić information content (AvgIpc) is 2.50. The number of carbonyl (C=O) groups is 1. The minimum atomic E-state index is -0.471. The standard InChI is InChI=1S/C16H23N3O4/c1-12-6-7-13(19(21)22)9-15(12)17-16(20)11-18(2)10-14-5-3-4-8-23-14/h6-7,9,14H,3-5,8,10-11H2,1-2H3,(H,17,20). The van der Waals surface area contributed by atoms with Crippen LogP contribution in [0.5, 0.6) is 0 Å². The number of benzene rings is 1. The number of hydrogen-bond donors (Lipinski definition) is 1. The topological polar surface area (TPSA) is 84.7 Å². The number of amides is 1. The van der Waals surface area contributed by atoms with Crippen LogP contribution in [0.3, 0.4) is 0 Å². The van der Waals surface area contributed by atoms with Crippen LogP contribution in [0.2, 0.25) is 0 Å². The minimum Gasteiger partial charge on any atom is -0.377 e. The number of rotatable bonds is 6. The first-order valence-electron chi connectivity index (χ1n) is 7.81. The van der Waals surface area contributed by atoms with Crippen LogP contribution in [0.25, 0.3) is 0 Å². The predicted molar refractivity (Wildman–Crippen MR) is 87.6 cm³/mol. The first-order chi connectivity index (χ1) is 11.0. The van der Waals surface area contributed by atoms with Crippen LogP contribution in [0, 0.1) is 17.0 Å². The second-order valence-corrected chi connectivity index (χ2v) is 5.99. The second-order valence-electron chi connectivity index (χ2n) is 5.99. The lowest BCUT2D eigenvalue weighted by Crippen LogP contribution is -2.37. The highest BCUT2D eigenvalue weighted by Gasteiger charge is 2.18. The Morgan fingerprint density at radius 3 is 2.91 bits per heavy atom. The van der Waals surface area contributed by atoms with E-state index in [1.54, 1.807) is 13.0 Å².